The molecule has 0 saturated carbocycles. The van der Waals surface area contributed by atoms with E-state index < -0.39 is 92.2 Å². The van der Waals surface area contributed by atoms with Gasteiger partial charge in [-0.1, -0.05) is 0 Å². The fourth-order valence-electron chi connectivity index (χ4n) is 3.27. The summed E-state index contributed by atoms with van der Waals surface area (Å²) < 4.78 is 127. The van der Waals surface area contributed by atoms with E-state index in [4.69, 9.17) is 20.9 Å². The van der Waals surface area contributed by atoms with E-state index in [9.17, 15) is 40.9 Å². The molecule has 4 rings (SSSR count). The number of aromatic hydroxyl groups is 2. The van der Waals surface area contributed by atoms with Gasteiger partial charge in [0, 0.05) is 12.1 Å². The Hall–Kier alpha value is -4.88. The maximum absolute atomic E-state index is 15.2. The van der Waals surface area contributed by atoms with Gasteiger partial charge in [-0.15, -0.1) is 0 Å². The lowest BCUT2D eigenvalue weighted by molar-refractivity contribution is 0.360. The van der Waals surface area contributed by atoms with Crippen LogP contribution < -0.4 is 20.9 Å². The third-order valence-corrected chi connectivity index (χ3v) is 5.13. The minimum atomic E-state index is -2.53. The molecule has 0 aliphatic rings. The van der Waals surface area contributed by atoms with Crippen LogP contribution in [0.1, 0.15) is 0 Å². The minimum absolute atomic E-state index is 0.338. The van der Waals surface area contributed by atoms with E-state index in [2.05, 4.69) is 0 Å². The van der Waals surface area contributed by atoms with Crippen LogP contribution in [0.5, 0.6) is 34.5 Å². The number of hydrogen-bond donors (Lipinski definition) is 4. The van der Waals surface area contributed by atoms with Crippen molar-refractivity contribution in [2.24, 2.45) is 0 Å². The summed E-state index contributed by atoms with van der Waals surface area (Å²) in [5.74, 6) is -24.5. The van der Waals surface area contributed by atoms with Gasteiger partial charge in [0.1, 0.15) is 23.0 Å². The van der Waals surface area contributed by atoms with Crippen LogP contribution in [0.3, 0.4) is 0 Å². The second kappa shape index (κ2) is 9.53. The summed E-state index contributed by atoms with van der Waals surface area (Å²) in [6.45, 7) is 0. The number of hydrogen-bond acceptors (Lipinski definition) is 6. The summed E-state index contributed by atoms with van der Waals surface area (Å²) in [4.78, 5) is 0. The third-order valence-electron chi connectivity index (χ3n) is 5.13. The molecule has 38 heavy (non-hydrogen) atoms. The number of phenols is 2. The highest BCUT2D eigenvalue weighted by molar-refractivity contribution is 5.70. The maximum atomic E-state index is 15.2. The zero-order chi connectivity index (χ0) is 28.0. The van der Waals surface area contributed by atoms with Gasteiger partial charge in [0.15, 0.2) is 29.1 Å². The van der Waals surface area contributed by atoms with Gasteiger partial charge in [-0.3, -0.25) is 0 Å². The van der Waals surface area contributed by atoms with Crippen LogP contribution in [0, 0.1) is 46.5 Å². The molecule has 6 nitrogen and oxygen atoms in total. The second-order valence-electron chi connectivity index (χ2n) is 7.57. The molecule has 14 heteroatoms. The molecule has 0 aromatic heterocycles. The fourth-order valence-corrected chi connectivity index (χ4v) is 3.27. The normalized spacial score (nSPS) is 11.1. The first-order valence-corrected chi connectivity index (χ1v) is 10.1. The van der Waals surface area contributed by atoms with Crippen molar-refractivity contribution >= 4 is 11.4 Å². The van der Waals surface area contributed by atoms with Crippen molar-refractivity contribution in [1.82, 2.24) is 0 Å². The largest absolute Gasteiger partial charge is 0.506 e. The summed E-state index contributed by atoms with van der Waals surface area (Å²) in [6.07, 6.45) is 0. The smallest absolute Gasteiger partial charge is 0.207 e. The highest BCUT2D eigenvalue weighted by atomic mass is 19.2. The molecule has 0 atom stereocenters. The lowest BCUT2D eigenvalue weighted by atomic mass is 10.0. The first-order valence-electron chi connectivity index (χ1n) is 10.1. The van der Waals surface area contributed by atoms with E-state index in [1.165, 1.54) is 0 Å². The van der Waals surface area contributed by atoms with Crippen molar-refractivity contribution in [3.63, 3.8) is 0 Å². The third kappa shape index (κ3) is 4.29. The average molecular weight is 544 g/mol. The Morgan fingerprint density at radius 1 is 0.474 bits per heavy atom. The van der Waals surface area contributed by atoms with Crippen molar-refractivity contribution in [2.75, 3.05) is 11.5 Å². The Balaban J connectivity index is 1.89. The first kappa shape index (κ1) is 26.2. The summed E-state index contributed by atoms with van der Waals surface area (Å²) in [5.41, 5.74) is 6.00. The van der Waals surface area contributed by atoms with Gasteiger partial charge in [0.05, 0.1) is 22.5 Å². The summed E-state index contributed by atoms with van der Waals surface area (Å²) >= 11 is 0. The minimum Gasteiger partial charge on any atom is -0.506 e. The molecule has 0 saturated heterocycles. The molecule has 4 aromatic carbocycles. The molecule has 0 heterocycles. The number of anilines is 2. The monoisotopic (exact) mass is 544 g/mol. The van der Waals surface area contributed by atoms with E-state index in [1.807, 2.05) is 0 Å². The Morgan fingerprint density at radius 2 is 0.816 bits per heavy atom. The topological polar surface area (TPSA) is 111 Å². The van der Waals surface area contributed by atoms with Crippen LogP contribution in [-0.4, -0.2) is 10.2 Å². The standard InChI is InChI=1S/C24H12F8N2O4/c25-15-14(18(28)23(22(32)19(15)29)37-7-1-3-11(35)9(33)5-7)13-16(26)20(30)24(21(31)17(13)27)38-8-2-4-12(36)10(34)6-8/h1-6,35-36H,33-34H2. The lowest BCUT2D eigenvalue weighted by Crippen LogP contribution is -2.09. The number of ether oxygens (including phenoxy) is 2. The van der Waals surface area contributed by atoms with Crippen LogP contribution >= 0.6 is 0 Å². The molecule has 0 unspecified atom stereocenters. The average Bonchev–Trinajstić information content (AvgIpc) is 2.88. The number of nitrogen functional groups attached to an aromatic ring is 2. The van der Waals surface area contributed by atoms with Gasteiger partial charge in [-0.2, -0.15) is 13.2 Å². The van der Waals surface area contributed by atoms with E-state index in [0.717, 1.165) is 36.4 Å². The van der Waals surface area contributed by atoms with Crippen LogP contribution in [0.15, 0.2) is 36.4 Å². The van der Waals surface area contributed by atoms with E-state index >= 15 is 4.39 Å². The highest BCUT2D eigenvalue weighted by Gasteiger charge is 2.35. The predicted molar refractivity (Wildman–Crippen MR) is 117 cm³/mol. The van der Waals surface area contributed by atoms with Gasteiger partial charge < -0.3 is 31.2 Å². The molecular weight excluding hydrogens is 532 g/mol. The van der Waals surface area contributed by atoms with Gasteiger partial charge in [0.2, 0.25) is 29.0 Å². The van der Waals surface area contributed by atoms with Crippen LogP contribution in [0.2, 0.25) is 0 Å². The van der Waals surface area contributed by atoms with Crippen molar-refractivity contribution in [1.29, 1.82) is 0 Å². The van der Waals surface area contributed by atoms with Gasteiger partial charge in [0.25, 0.3) is 0 Å². The van der Waals surface area contributed by atoms with E-state index in [0.29, 0.717) is 0 Å². The van der Waals surface area contributed by atoms with Crippen LogP contribution in [0.25, 0.3) is 11.1 Å². The zero-order valence-corrected chi connectivity index (χ0v) is 18.4. The molecule has 0 radical (unpaired) electrons. The quantitative estimate of drug-likeness (QED) is 0.0739. The first-order chi connectivity index (χ1) is 17.8. The number of rotatable bonds is 5. The molecule has 198 valence electrons. The summed E-state index contributed by atoms with van der Waals surface area (Å²) in [5, 5.41) is 18.8. The number of nitrogens with two attached hydrogens (primary N) is 2. The number of halogens is 8. The number of benzene rings is 4. The predicted octanol–water partition coefficient (Wildman–Crippen LogP) is 6.63. The van der Waals surface area contributed by atoms with Crippen molar-refractivity contribution in [2.45, 2.75) is 0 Å². The van der Waals surface area contributed by atoms with E-state index in [1.54, 1.807) is 0 Å². The molecule has 0 fully saturated rings. The highest BCUT2D eigenvalue weighted by Crippen LogP contribution is 2.44. The SMILES string of the molecule is Nc1cc(Oc2c(F)c(F)c(-c3c(F)c(F)c(F)c(Oc4ccc(O)c(N)c4)c3F)c(F)c2F)ccc1O. The Bertz CT molecular complexity index is 1590. The summed E-state index contributed by atoms with van der Waals surface area (Å²) in [6, 6.07) is 5.31. The molecule has 0 aliphatic heterocycles. The Kier molecular flexibility index (Phi) is 6.57. The molecule has 4 aromatic rings. The van der Waals surface area contributed by atoms with Crippen LogP contribution in [0.4, 0.5) is 46.5 Å². The molecule has 0 bridgehead atoms. The zero-order valence-electron chi connectivity index (χ0n) is 18.4. The summed E-state index contributed by atoms with van der Waals surface area (Å²) in [7, 11) is 0. The molecule has 0 spiro atoms. The molecular formula is C24H12F8N2O4. The van der Waals surface area contributed by atoms with Gasteiger partial charge in [-0.05, 0) is 24.3 Å². The van der Waals surface area contributed by atoms with Crippen molar-refractivity contribution in [3.8, 4) is 45.6 Å². The maximum Gasteiger partial charge on any atom is 0.207 e. The van der Waals surface area contributed by atoms with Crippen molar-refractivity contribution in [3.05, 3.63) is 82.9 Å². The lowest BCUT2D eigenvalue weighted by Gasteiger charge is -2.17. The van der Waals surface area contributed by atoms with E-state index in [-0.39, 0.29) is 11.4 Å². The Morgan fingerprint density at radius 3 is 1.24 bits per heavy atom. The van der Waals surface area contributed by atoms with Crippen LogP contribution in [-0.2, 0) is 0 Å². The number of phenolic OH excluding ortho intramolecular Hbond substituents is 2. The molecule has 0 aliphatic carbocycles. The molecule has 6 N–H and O–H groups in total. The Labute approximate surface area is 206 Å². The van der Waals surface area contributed by atoms with Gasteiger partial charge in [-0.25, -0.2) is 22.0 Å². The molecule has 0 amide bonds. The van der Waals surface area contributed by atoms with Gasteiger partial charge >= 0.3 is 0 Å². The second-order valence-corrected chi connectivity index (χ2v) is 7.57. The fraction of sp³-hybridized carbons (Fsp3) is 0. The van der Waals surface area contributed by atoms with Crippen molar-refractivity contribution < 1.29 is 54.8 Å².